The van der Waals surface area contributed by atoms with E-state index in [4.69, 9.17) is 0 Å². The fourth-order valence-electron chi connectivity index (χ4n) is 2.67. The van der Waals surface area contributed by atoms with Crippen molar-refractivity contribution in [2.24, 2.45) is 0 Å². The summed E-state index contributed by atoms with van der Waals surface area (Å²) in [6.07, 6.45) is 3.32. The molecule has 6 nitrogen and oxygen atoms in total. The molecule has 0 aliphatic carbocycles. The van der Waals surface area contributed by atoms with Gasteiger partial charge in [-0.15, -0.1) is 0 Å². The molecular weight excluding hydrogens is 394 g/mol. The van der Waals surface area contributed by atoms with Crippen LogP contribution in [0.25, 0.3) is 0 Å². The van der Waals surface area contributed by atoms with Crippen molar-refractivity contribution in [3.63, 3.8) is 0 Å². The Kier molecular flexibility index (Phi) is 4.69. The van der Waals surface area contributed by atoms with Crippen LogP contribution in [0, 0.1) is 6.92 Å². The maximum atomic E-state index is 12.5. The molecule has 0 unspecified atom stereocenters. The number of hydrogen-bond acceptors (Lipinski definition) is 3. The van der Waals surface area contributed by atoms with E-state index in [9.17, 15) is 13.2 Å². The highest BCUT2D eigenvalue weighted by Crippen LogP contribution is 2.23. The van der Waals surface area contributed by atoms with Gasteiger partial charge in [-0.3, -0.25) is 9.52 Å². The number of sulfonamides is 1. The third kappa shape index (κ3) is 3.49. The topological polar surface area (TPSA) is 82.3 Å². The normalized spacial score (nSPS) is 14.8. The molecule has 0 saturated carbocycles. The highest BCUT2D eigenvalue weighted by atomic mass is 79.9. The Balaban J connectivity index is 1.79. The Morgan fingerprint density at radius 2 is 1.96 bits per heavy atom. The maximum Gasteiger partial charge on any atom is 0.270 e. The SMILES string of the molecule is Cc1cc(NS(=O)(=O)c2c[nH]c(C(=O)N3CCCC3)c2)ccc1Br. The zero-order valence-electron chi connectivity index (χ0n) is 13.2. The largest absolute Gasteiger partial charge is 0.356 e. The molecule has 2 N–H and O–H groups in total. The van der Waals surface area contributed by atoms with Crippen molar-refractivity contribution in [3.8, 4) is 0 Å². The van der Waals surface area contributed by atoms with Crippen molar-refractivity contribution in [2.75, 3.05) is 17.8 Å². The number of carbonyl (C=O) groups excluding carboxylic acids is 1. The lowest BCUT2D eigenvalue weighted by molar-refractivity contribution is 0.0787. The van der Waals surface area contributed by atoms with Gasteiger partial charge in [0.1, 0.15) is 10.6 Å². The first-order valence-corrected chi connectivity index (χ1v) is 9.91. The predicted octanol–water partition coefficient (Wildman–Crippen LogP) is 3.12. The molecule has 1 fully saturated rings. The van der Waals surface area contributed by atoms with Gasteiger partial charge in [0.2, 0.25) is 0 Å². The highest BCUT2D eigenvalue weighted by Gasteiger charge is 2.23. The first-order valence-electron chi connectivity index (χ1n) is 7.63. The number of halogens is 1. The van der Waals surface area contributed by atoms with Crippen LogP contribution in [0.1, 0.15) is 28.9 Å². The lowest BCUT2D eigenvalue weighted by Crippen LogP contribution is -2.27. The number of H-pyrrole nitrogens is 1. The number of aryl methyl sites for hydroxylation is 1. The molecule has 0 radical (unpaired) electrons. The van der Waals surface area contributed by atoms with Crippen LogP contribution in [0.2, 0.25) is 0 Å². The van der Waals surface area contributed by atoms with E-state index in [2.05, 4.69) is 25.6 Å². The average molecular weight is 412 g/mol. The van der Waals surface area contributed by atoms with Crippen LogP contribution in [-0.4, -0.2) is 37.3 Å². The molecule has 0 atom stereocenters. The van der Waals surface area contributed by atoms with Crippen molar-refractivity contribution >= 4 is 37.5 Å². The summed E-state index contributed by atoms with van der Waals surface area (Å²) in [4.78, 5) is 16.9. The van der Waals surface area contributed by atoms with E-state index in [0.717, 1.165) is 36.0 Å². The first kappa shape index (κ1) is 17.0. The van der Waals surface area contributed by atoms with E-state index in [-0.39, 0.29) is 10.8 Å². The number of nitrogens with zero attached hydrogens (tertiary/aromatic N) is 1. The van der Waals surface area contributed by atoms with Crippen LogP contribution < -0.4 is 4.72 Å². The summed E-state index contributed by atoms with van der Waals surface area (Å²) in [5.41, 5.74) is 1.70. The molecular formula is C16H18BrN3O3S. The van der Waals surface area contributed by atoms with Crippen molar-refractivity contribution in [1.29, 1.82) is 0 Å². The standard InChI is InChI=1S/C16H18BrN3O3S/c1-11-8-12(4-5-14(11)17)19-24(22,23)13-9-15(18-10-13)16(21)20-6-2-3-7-20/h4-5,8-10,18-19H,2-3,6-7H2,1H3. The summed E-state index contributed by atoms with van der Waals surface area (Å²) in [5.74, 6) is -0.159. The lowest BCUT2D eigenvalue weighted by atomic mass is 10.2. The number of aromatic nitrogens is 1. The molecule has 128 valence electrons. The molecule has 1 aromatic carbocycles. The number of nitrogens with one attached hydrogen (secondary N) is 2. The van der Waals surface area contributed by atoms with Gasteiger partial charge in [-0.05, 0) is 49.6 Å². The molecule has 0 spiro atoms. The van der Waals surface area contributed by atoms with Gasteiger partial charge in [0.15, 0.2) is 0 Å². The zero-order chi connectivity index (χ0) is 17.3. The minimum Gasteiger partial charge on any atom is -0.356 e. The third-order valence-electron chi connectivity index (χ3n) is 4.00. The summed E-state index contributed by atoms with van der Waals surface area (Å²) in [6.45, 7) is 3.32. The molecule has 8 heteroatoms. The summed E-state index contributed by atoms with van der Waals surface area (Å²) < 4.78 is 28.4. The van der Waals surface area contributed by atoms with Gasteiger partial charge < -0.3 is 9.88 Å². The fraction of sp³-hybridized carbons (Fsp3) is 0.312. The van der Waals surface area contributed by atoms with Crippen LogP contribution in [0.5, 0.6) is 0 Å². The molecule has 1 amide bonds. The van der Waals surface area contributed by atoms with Gasteiger partial charge in [-0.25, -0.2) is 8.42 Å². The molecule has 2 heterocycles. The average Bonchev–Trinajstić information content (AvgIpc) is 3.21. The second kappa shape index (κ2) is 6.60. The maximum absolute atomic E-state index is 12.5. The number of aromatic amines is 1. The van der Waals surface area contributed by atoms with Crippen molar-refractivity contribution in [3.05, 3.63) is 46.2 Å². The second-order valence-corrected chi connectivity index (χ2v) is 8.35. The first-order chi connectivity index (χ1) is 11.4. The number of likely N-dealkylation sites (tertiary alicyclic amines) is 1. The highest BCUT2D eigenvalue weighted by molar-refractivity contribution is 9.10. The van der Waals surface area contributed by atoms with Gasteiger partial charge >= 0.3 is 0 Å². The summed E-state index contributed by atoms with van der Waals surface area (Å²) in [7, 11) is -3.75. The second-order valence-electron chi connectivity index (χ2n) is 5.82. The predicted molar refractivity (Wildman–Crippen MR) is 95.6 cm³/mol. The van der Waals surface area contributed by atoms with Crippen molar-refractivity contribution < 1.29 is 13.2 Å². The molecule has 0 bridgehead atoms. The fourth-order valence-corrected chi connectivity index (χ4v) is 3.95. The Morgan fingerprint density at radius 3 is 2.62 bits per heavy atom. The lowest BCUT2D eigenvalue weighted by Gasteiger charge is -2.13. The van der Waals surface area contributed by atoms with Gasteiger partial charge in [0, 0.05) is 29.4 Å². The molecule has 3 rings (SSSR count). The monoisotopic (exact) mass is 411 g/mol. The Labute approximate surface area is 149 Å². The van der Waals surface area contributed by atoms with Crippen LogP contribution in [-0.2, 0) is 10.0 Å². The van der Waals surface area contributed by atoms with E-state index >= 15 is 0 Å². The van der Waals surface area contributed by atoms with Gasteiger partial charge in [-0.2, -0.15) is 0 Å². The molecule has 1 saturated heterocycles. The van der Waals surface area contributed by atoms with E-state index in [0.29, 0.717) is 11.4 Å². The van der Waals surface area contributed by atoms with Crippen molar-refractivity contribution in [1.82, 2.24) is 9.88 Å². The van der Waals surface area contributed by atoms with Gasteiger partial charge in [-0.1, -0.05) is 15.9 Å². The molecule has 1 aromatic heterocycles. The molecule has 1 aliphatic rings. The van der Waals surface area contributed by atoms with Crippen molar-refractivity contribution in [2.45, 2.75) is 24.7 Å². The Bertz CT molecular complexity index is 870. The summed E-state index contributed by atoms with van der Waals surface area (Å²) in [5, 5.41) is 0. The van der Waals surface area contributed by atoms with E-state index in [1.54, 1.807) is 23.1 Å². The van der Waals surface area contributed by atoms with Crippen LogP contribution in [0.3, 0.4) is 0 Å². The number of amides is 1. The number of benzene rings is 1. The van der Waals surface area contributed by atoms with E-state index in [1.165, 1.54) is 12.3 Å². The number of anilines is 1. The van der Waals surface area contributed by atoms with Crippen LogP contribution in [0.4, 0.5) is 5.69 Å². The Morgan fingerprint density at radius 1 is 1.25 bits per heavy atom. The Hall–Kier alpha value is -1.80. The number of hydrogen-bond donors (Lipinski definition) is 2. The van der Waals surface area contributed by atoms with Gasteiger partial charge in [0.05, 0.1) is 0 Å². The van der Waals surface area contributed by atoms with Crippen LogP contribution in [0.15, 0.2) is 39.8 Å². The zero-order valence-corrected chi connectivity index (χ0v) is 15.6. The minimum absolute atomic E-state index is 0.0469. The minimum atomic E-state index is -3.75. The molecule has 2 aromatic rings. The van der Waals surface area contributed by atoms with E-state index < -0.39 is 10.0 Å². The summed E-state index contributed by atoms with van der Waals surface area (Å²) >= 11 is 3.38. The van der Waals surface area contributed by atoms with E-state index in [1.807, 2.05) is 6.92 Å². The molecule has 24 heavy (non-hydrogen) atoms. The van der Waals surface area contributed by atoms with Crippen LogP contribution >= 0.6 is 15.9 Å². The third-order valence-corrected chi connectivity index (χ3v) is 6.25. The number of rotatable bonds is 4. The molecule has 1 aliphatic heterocycles. The smallest absolute Gasteiger partial charge is 0.270 e. The summed E-state index contributed by atoms with van der Waals surface area (Å²) in [6, 6.07) is 6.59. The van der Waals surface area contributed by atoms with Gasteiger partial charge in [0.25, 0.3) is 15.9 Å². The number of carbonyl (C=O) groups is 1. The quantitative estimate of drug-likeness (QED) is 0.810.